The summed E-state index contributed by atoms with van der Waals surface area (Å²) in [6, 6.07) is 0. The Morgan fingerprint density at radius 2 is 2.12 bits per heavy atom. The number of rotatable bonds is 4. The van der Waals surface area contributed by atoms with Gasteiger partial charge < -0.3 is 9.84 Å². The molecule has 0 bridgehead atoms. The predicted molar refractivity (Wildman–Crippen MR) is 123 cm³/mol. The molecule has 1 N–H and O–H groups in total. The van der Waals surface area contributed by atoms with Crippen molar-refractivity contribution in [3.63, 3.8) is 0 Å². The summed E-state index contributed by atoms with van der Waals surface area (Å²) in [6.45, 7) is 10.6. The van der Waals surface area contributed by atoms with Crippen molar-refractivity contribution in [2.24, 2.45) is 28.6 Å². The minimum atomic E-state index is -0.220. The molecule has 7 heteroatoms. The van der Waals surface area contributed by atoms with Gasteiger partial charge in [-0.25, -0.2) is 9.67 Å². The highest BCUT2D eigenvalue weighted by Crippen LogP contribution is 2.61. The van der Waals surface area contributed by atoms with Gasteiger partial charge in [-0.1, -0.05) is 26.0 Å². The second-order valence-electron chi connectivity index (χ2n) is 10.8. The molecule has 2 fully saturated rings. The number of hydrogen-bond acceptors (Lipinski definition) is 6. The smallest absolute Gasteiger partial charge is 0.302 e. The van der Waals surface area contributed by atoms with Crippen molar-refractivity contribution in [1.29, 1.82) is 0 Å². The molecule has 176 valence electrons. The van der Waals surface area contributed by atoms with E-state index in [-0.39, 0.29) is 47.3 Å². The molecule has 0 saturated heterocycles. The van der Waals surface area contributed by atoms with E-state index < -0.39 is 0 Å². The van der Waals surface area contributed by atoms with Crippen LogP contribution in [0.25, 0.3) is 5.82 Å². The van der Waals surface area contributed by atoms with Crippen LogP contribution in [0.2, 0.25) is 0 Å². The van der Waals surface area contributed by atoms with E-state index in [1.54, 1.807) is 23.3 Å². The van der Waals surface area contributed by atoms with Crippen LogP contribution in [-0.4, -0.2) is 43.5 Å². The van der Waals surface area contributed by atoms with Crippen molar-refractivity contribution in [2.75, 3.05) is 6.61 Å². The number of allylic oxidation sites excluding steroid dienone is 1. The van der Waals surface area contributed by atoms with E-state index in [2.05, 4.69) is 36.6 Å². The number of carbonyl (C=O) groups is 1. The van der Waals surface area contributed by atoms with Crippen molar-refractivity contribution in [3.05, 3.63) is 48.2 Å². The van der Waals surface area contributed by atoms with E-state index in [4.69, 9.17) is 9.84 Å². The molecular weight excluding hydrogens is 416 g/mol. The van der Waals surface area contributed by atoms with Gasteiger partial charge in [0.05, 0.1) is 11.9 Å². The lowest BCUT2D eigenvalue weighted by Gasteiger charge is -2.54. The van der Waals surface area contributed by atoms with Crippen LogP contribution in [-0.2, 0) is 22.4 Å². The minimum absolute atomic E-state index is 0.0262. The zero-order valence-electron chi connectivity index (χ0n) is 19.8. The lowest BCUT2D eigenvalue weighted by molar-refractivity contribution is -0.170. The number of nitrogens with zero attached hydrogens (tertiary/aromatic N) is 4. The largest absolute Gasteiger partial charge is 0.462 e. The molecule has 5 rings (SSSR count). The third-order valence-electron chi connectivity index (χ3n) is 9.13. The second kappa shape index (κ2) is 8.05. The summed E-state index contributed by atoms with van der Waals surface area (Å²) in [7, 11) is 0. The zero-order chi connectivity index (χ0) is 23.4. The van der Waals surface area contributed by atoms with Gasteiger partial charge in [-0.3, -0.25) is 9.78 Å². The summed E-state index contributed by atoms with van der Waals surface area (Å²) < 4.78 is 7.90. The maximum Gasteiger partial charge on any atom is 0.302 e. The van der Waals surface area contributed by atoms with E-state index in [0.717, 1.165) is 37.8 Å². The van der Waals surface area contributed by atoms with E-state index in [9.17, 15) is 9.90 Å². The molecule has 6 atom stereocenters. The first-order valence-corrected chi connectivity index (χ1v) is 12.1. The molecule has 0 aromatic carbocycles. The average molecular weight is 451 g/mol. The fraction of sp³-hybridized carbons (Fsp3) is 0.615. The summed E-state index contributed by atoms with van der Waals surface area (Å²) in [5.74, 6) is 0.975. The van der Waals surface area contributed by atoms with E-state index in [0.29, 0.717) is 12.2 Å². The number of carbonyl (C=O) groups excluding carboxylic acids is 1. The molecule has 2 saturated carbocycles. The highest BCUT2D eigenvalue weighted by atomic mass is 16.5. The SMILES string of the molecule is C=C1CC[C@H]2[C@H](OC(C)=O)[C@@H]([C@@]3(C)Cc4cn(-c5cnccn5)nc4C[C@@H]3CO)CC[C@]12C. The van der Waals surface area contributed by atoms with Crippen LogP contribution in [0.1, 0.15) is 57.7 Å². The van der Waals surface area contributed by atoms with Gasteiger partial charge in [-0.05, 0) is 60.8 Å². The van der Waals surface area contributed by atoms with Crippen LogP contribution in [0, 0.1) is 28.6 Å². The molecule has 2 aromatic rings. The van der Waals surface area contributed by atoms with Crippen molar-refractivity contribution < 1.29 is 14.6 Å². The van der Waals surface area contributed by atoms with Crippen molar-refractivity contribution >= 4 is 5.97 Å². The topological polar surface area (TPSA) is 90.1 Å². The van der Waals surface area contributed by atoms with Crippen LogP contribution in [0.4, 0.5) is 0 Å². The quantitative estimate of drug-likeness (QED) is 0.564. The number of ether oxygens (including phenoxy) is 1. The first-order chi connectivity index (χ1) is 15.8. The molecular formula is C26H34N4O3. The third-order valence-corrected chi connectivity index (χ3v) is 9.13. The van der Waals surface area contributed by atoms with Crippen molar-refractivity contribution in [1.82, 2.24) is 19.7 Å². The Balaban J connectivity index is 1.51. The number of fused-ring (bicyclic) bond motifs is 2. The maximum absolute atomic E-state index is 12.2. The predicted octanol–water partition coefficient (Wildman–Crippen LogP) is 3.69. The molecule has 2 heterocycles. The standard InChI is InChI=1S/C26H34N4O3/c1-16-5-6-20-24(33-17(2)32)21(7-8-25(16,20)3)26(4)12-18-14-30(23-13-27-9-10-28-23)29-22(18)11-19(26)15-31/h9-10,13-14,19-21,24,31H,1,5-8,11-12,15H2,2-4H3/t19-,20+,21+,24+,25-,26+/m1/s1. The first kappa shape index (κ1) is 22.3. The molecule has 0 aliphatic heterocycles. The molecule has 0 unspecified atom stereocenters. The van der Waals surface area contributed by atoms with E-state index in [1.807, 2.05) is 0 Å². The Morgan fingerprint density at radius 1 is 1.30 bits per heavy atom. The Kier molecular flexibility index (Phi) is 5.43. The average Bonchev–Trinajstić information content (AvgIpc) is 3.33. The van der Waals surface area contributed by atoms with Gasteiger partial charge in [-0.2, -0.15) is 5.10 Å². The highest BCUT2D eigenvalue weighted by molar-refractivity contribution is 5.66. The lowest BCUT2D eigenvalue weighted by Crippen LogP contribution is -2.54. The molecule has 0 spiro atoms. The first-order valence-electron chi connectivity index (χ1n) is 12.1. The normalized spacial score (nSPS) is 35.7. The second-order valence-corrected chi connectivity index (χ2v) is 10.8. The van der Waals surface area contributed by atoms with Crippen LogP contribution < -0.4 is 0 Å². The number of aromatic nitrogens is 4. The molecule has 3 aliphatic rings. The Labute approximate surface area is 195 Å². The number of esters is 1. The van der Waals surface area contributed by atoms with Crippen LogP contribution >= 0.6 is 0 Å². The van der Waals surface area contributed by atoms with Crippen LogP contribution in [0.15, 0.2) is 36.9 Å². The minimum Gasteiger partial charge on any atom is -0.462 e. The van der Waals surface area contributed by atoms with Gasteiger partial charge in [0.15, 0.2) is 5.82 Å². The van der Waals surface area contributed by atoms with Crippen LogP contribution in [0.3, 0.4) is 0 Å². The third kappa shape index (κ3) is 3.52. The molecule has 2 aromatic heterocycles. The van der Waals surface area contributed by atoms with Crippen molar-refractivity contribution in [2.45, 2.75) is 65.4 Å². The van der Waals surface area contributed by atoms with Gasteiger partial charge in [0.2, 0.25) is 0 Å². The van der Waals surface area contributed by atoms with Gasteiger partial charge in [0, 0.05) is 44.0 Å². The monoisotopic (exact) mass is 450 g/mol. The zero-order valence-corrected chi connectivity index (χ0v) is 19.8. The Morgan fingerprint density at radius 3 is 2.82 bits per heavy atom. The fourth-order valence-electron chi connectivity index (χ4n) is 7.07. The molecule has 33 heavy (non-hydrogen) atoms. The number of aliphatic hydroxyl groups is 1. The summed E-state index contributed by atoms with van der Waals surface area (Å²) in [5.41, 5.74) is 3.31. The summed E-state index contributed by atoms with van der Waals surface area (Å²) >= 11 is 0. The van der Waals surface area contributed by atoms with Crippen LogP contribution in [0.5, 0.6) is 0 Å². The van der Waals surface area contributed by atoms with Gasteiger partial charge in [-0.15, -0.1) is 0 Å². The van der Waals surface area contributed by atoms with E-state index in [1.165, 1.54) is 18.1 Å². The number of hydrogen-bond donors (Lipinski definition) is 1. The van der Waals surface area contributed by atoms with Crippen molar-refractivity contribution in [3.8, 4) is 5.82 Å². The summed E-state index contributed by atoms with van der Waals surface area (Å²) in [6.07, 6.45) is 12.4. The van der Waals surface area contributed by atoms with Gasteiger partial charge in [0.25, 0.3) is 0 Å². The lowest BCUT2D eigenvalue weighted by atomic mass is 9.52. The highest BCUT2D eigenvalue weighted by Gasteiger charge is 2.58. The Bertz CT molecular complexity index is 1070. The van der Waals surface area contributed by atoms with Gasteiger partial charge in [0.1, 0.15) is 6.10 Å². The molecule has 0 amide bonds. The fourth-order valence-corrected chi connectivity index (χ4v) is 7.07. The molecule has 0 radical (unpaired) electrons. The molecule has 3 aliphatic carbocycles. The maximum atomic E-state index is 12.2. The number of aliphatic hydroxyl groups excluding tert-OH is 1. The molecule has 7 nitrogen and oxygen atoms in total. The summed E-state index contributed by atoms with van der Waals surface area (Å²) in [4.78, 5) is 20.7. The Hall–Kier alpha value is -2.54. The van der Waals surface area contributed by atoms with E-state index >= 15 is 0 Å². The van der Waals surface area contributed by atoms with Gasteiger partial charge >= 0.3 is 5.97 Å². The summed E-state index contributed by atoms with van der Waals surface area (Å²) in [5, 5.41) is 15.3.